The summed E-state index contributed by atoms with van der Waals surface area (Å²) in [6.45, 7) is 0. The molecule has 0 spiro atoms. The van der Waals surface area contributed by atoms with Gasteiger partial charge in [-0.25, -0.2) is 0 Å². The highest BCUT2D eigenvalue weighted by atomic mass is 35.5. The number of hydrogen-bond acceptors (Lipinski definition) is 3. The van der Waals surface area contributed by atoms with Gasteiger partial charge in [0.25, 0.3) is 5.91 Å². The molecule has 0 heterocycles. The fraction of sp³-hybridized carbons (Fsp3) is 0. The summed E-state index contributed by atoms with van der Waals surface area (Å²) >= 11 is 17.7. The van der Waals surface area contributed by atoms with Crippen LogP contribution < -0.4 is 16.2 Å². The van der Waals surface area contributed by atoms with Crippen molar-refractivity contribution in [3.8, 4) is 11.5 Å². The normalized spacial score (nSPS) is 10.3. The molecule has 0 aliphatic rings. The Kier molecular flexibility index (Phi) is 4.28. The van der Waals surface area contributed by atoms with Gasteiger partial charge in [0, 0.05) is 6.07 Å². The smallest absolute Gasteiger partial charge is 0.252 e. The van der Waals surface area contributed by atoms with Crippen molar-refractivity contribution in [2.45, 2.75) is 0 Å². The van der Waals surface area contributed by atoms with Crippen LogP contribution >= 0.6 is 34.8 Å². The number of amides is 1. The van der Waals surface area contributed by atoms with Crippen LogP contribution in [0.3, 0.4) is 0 Å². The van der Waals surface area contributed by atoms with E-state index in [1.54, 1.807) is 12.1 Å². The van der Waals surface area contributed by atoms with Crippen molar-refractivity contribution in [2.24, 2.45) is 5.73 Å². The molecule has 0 radical (unpaired) electrons. The molecule has 0 aliphatic carbocycles. The standard InChI is InChI=1S/C13H9Cl3N2O2/c14-7-4-9(16)11(5-8(7)15)20-12-6(13(18)19)2-1-3-10(12)17/h1-5H,17H2,(H2,18,19). The molecule has 0 bridgehead atoms. The van der Waals surface area contributed by atoms with Gasteiger partial charge in [-0.2, -0.15) is 0 Å². The van der Waals surface area contributed by atoms with Crippen LogP contribution in [0.5, 0.6) is 11.5 Å². The Hall–Kier alpha value is -1.62. The second-order valence-electron chi connectivity index (χ2n) is 3.89. The fourth-order valence-electron chi connectivity index (χ4n) is 1.56. The van der Waals surface area contributed by atoms with E-state index in [0.29, 0.717) is 5.02 Å². The zero-order valence-corrected chi connectivity index (χ0v) is 12.3. The molecule has 1 amide bonds. The first-order valence-electron chi connectivity index (χ1n) is 5.41. The summed E-state index contributed by atoms with van der Waals surface area (Å²) in [5.74, 6) is -0.315. The average Bonchev–Trinajstić information content (AvgIpc) is 2.37. The highest BCUT2D eigenvalue weighted by Gasteiger charge is 2.16. The van der Waals surface area contributed by atoms with Crippen molar-refractivity contribution in [3.63, 3.8) is 0 Å². The molecule has 2 aromatic carbocycles. The van der Waals surface area contributed by atoms with Crippen LogP contribution in [0.25, 0.3) is 0 Å². The highest BCUT2D eigenvalue weighted by molar-refractivity contribution is 6.43. The largest absolute Gasteiger partial charge is 0.453 e. The number of benzene rings is 2. The molecule has 4 nitrogen and oxygen atoms in total. The predicted molar refractivity (Wildman–Crippen MR) is 80.9 cm³/mol. The first kappa shape index (κ1) is 14.8. The van der Waals surface area contributed by atoms with Crippen molar-refractivity contribution < 1.29 is 9.53 Å². The van der Waals surface area contributed by atoms with Crippen LogP contribution in [-0.4, -0.2) is 5.91 Å². The van der Waals surface area contributed by atoms with Gasteiger partial charge >= 0.3 is 0 Å². The molecular weight excluding hydrogens is 323 g/mol. The van der Waals surface area contributed by atoms with E-state index in [-0.39, 0.29) is 32.8 Å². The van der Waals surface area contributed by atoms with Crippen LogP contribution in [-0.2, 0) is 0 Å². The summed E-state index contributed by atoms with van der Waals surface area (Å²) in [6, 6.07) is 7.54. The molecule has 0 fully saturated rings. The quantitative estimate of drug-likeness (QED) is 0.656. The zero-order valence-electron chi connectivity index (χ0n) is 9.99. The molecule has 104 valence electrons. The first-order chi connectivity index (χ1) is 9.40. The number of ether oxygens (including phenoxy) is 1. The molecule has 7 heteroatoms. The number of anilines is 1. The third kappa shape index (κ3) is 2.93. The number of nitrogen functional groups attached to an aromatic ring is 1. The molecule has 4 N–H and O–H groups in total. The molecule has 0 aromatic heterocycles. The summed E-state index contributed by atoms with van der Waals surface area (Å²) in [5.41, 5.74) is 11.5. The lowest BCUT2D eigenvalue weighted by atomic mass is 10.1. The number of primary amides is 1. The van der Waals surface area contributed by atoms with E-state index in [4.69, 9.17) is 51.0 Å². The average molecular weight is 332 g/mol. The van der Waals surface area contributed by atoms with Crippen molar-refractivity contribution in [3.05, 3.63) is 51.0 Å². The van der Waals surface area contributed by atoms with Crippen LogP contribution in [0.4, 0.5) is 5.69 Å². The molecule has 0 aliphatic heterocycles. The maximum atomic E-state index is 11.4. The SMILES string of the molecule is NC(=O)c1cccc(N)c1Oc1cc(Cl)c(Cl)cc1Cl. The van der Waals surface area contributed by atoms with Crippen molar-refractivity contribution >= 4 is 46.4 Å². The van der Waals surface area contributed by atoms with Gasteiger partial charge in [0.15, 0.2) is 5.75 Å². The van der Waals surface area contributed by atoms with E-state index >= 15 is 0 Å². The van der Waals surface area contributed by atoms with Gasteiger partial charge in [-0.1, -0.05) is 40.9 Å². The van der Waals surface area contributed by atoms with E-state index in [1.165, 1.54) is 18.2 Å². The lowest BCUT2D eigenvalue weighted by Gasteiger charge is -2.13. The number of carbonyl (C=O) groups is 1. The van der Waals surface area contributed by atoms with E-state index in [1.807, 2.05) is 0 Å². The van der Waals surface area contributed by atoms with Crippen LogP contribution in [0.15, 0.2) is 30.3 Å². The molecule has 0 atom stereocenters. The fourth-order valence-corrected chi connectivity index (χ4v) is 2.13. The molecular formula is C13H9Cl3N2O2. The van der Waals surface area contributed by atoms with Gasteiger partial charge in [-0.3, -0.25) is 4.79 Å². The summed E-state index contributed by atoms with van der Waals surface area (Å²) in [4.78, 5) is 11.4. The van der Waals surface area contributed by atoms with Gasteiger partial charge in [-0.05, 0) is 18.2 Å². The van der Waals surface area contributed by atoms with Crippen molar-refractivity contribution in [1.82, 2.24) is 0 Å². The Morgan fingerprint density at radius 1 is 1.05 bits per heavy atom. The van der Waals surface area contributed by atoms with E-state index < -0.39 is 5.91 Å². The van der Waals surface area contributed by atoms with E-state index in [0.717, 1.165) is 0 Å². The van der Waals surface area contributed by atoms with Crippen molar-refractivity contribution in [2.75, 3.05) is 5.73 Å². The molecule has 0 unspecified atom stereocenters. The van der Waals surface area contributed by atoms with Crippen molar-refractivity contribution in [1.29, 1.82) is 0 Å². The molecule has 0 saturated carbocycles. The topological polar surface area (TPSA) is 78.3 Å². The third-order valence-electron chi connectivity index (χ3n) is 2.50. The molecule has 2 rings (SSSR count). The summed E-state index contributed by atoms with van der Waals surface area (Å²) < 4.78 is 5.57. The second-order valence-corrected chi connectivity index (χ2v) is 5.11. The Bertz CT molecular complexity index is 690. The zero-order chi connectivity index (χ0) is 14.9. The number of rotatable bonds is 3. The third-order valence-corrected chi connectivity index (χ3v) is 3.52. The van der Waals surface area contributed by atoms with Gasteiger partial charge in [0.1, 0.15) is 5.75 Å². The van der Waals surface area contributed by atoms with Crippen LogP contribution in [0.1, 0.15) is 10.4 Å². The van der Waals surface area contributed by atoms with Crippen LogP contribution in [0.2, 0.25) is 15.1 Å². The van der Waals surface area contributed by atoms with Gasteiger partial charge < -0.3 is 16.2 Å². The summed E-state index contributed by atoms with van der Waals surface area (Å²) in [6.07, 6.45) is 0. The monoisotopic (exact) mass is 330 g/mol. The minimum absolute atomic E-state index is 0.125. The molecule has 0 saturated heterocycles. The maximum absolute atomic E-state index is 11.4. The number of halogens is 3. The Morgan fingerprint density at radius 3 is 2.35 bits per heavy atom. The Morgan fingerprint density at radius 2 is 1.70 bits per heavy atom. The van der Waals surface area contributed by atoms with E-state index in [2.05, 4.69) is 0 Å². The number of carbonyl (C=O) groups excluding carboxylic acids is 1. The molecule has 2 aromatic rings. The summed E-state index contributed by atoms with van der Waals surface area (Å²) in [5, 5.41) is 0.791. The van der Waals surface area contributed by atoms with E-state index in [9.17, 15) is 4.79 Å². The van der Waals surface area contributed by atoms with Gasteiger partial charge in [0.05, 0.1) is 26.3 Å². The maximum Gasteiger partial charge on any atom is 0.252 e. The number of nitrogens with two attached hydrogens (primary N) is 2. The van der Waals surface area contributed by atoms with Gasteiger partial charge in [-0.15, -0.1) is 0 Å². The predicted octanol–water partition coefficient (Wildman–Crippen LogP) is 4.12. The highest BCUT2D eigenvalue weighted by Crippen LogP contribution is 2.39. The van der Waals surface area contributed by atoms with Gasteiger partial charge in [0.2, 0.25) is 0 Å². The first-order valence-corrected chi connectivity index (χ1v) is 6.54. The number of hydrogen-bond donors (Lipinski definition) is 2. The minimum Gasteiger partial charge on any atom is -0.453 e. The number of para-hydroxylation sites is 1. The summed E-state index contributed by atoms with van der Waals surface area (Å²) in [7, 11) is 0. The lowest BCUT2D eigenvalue weighted by Crippen LogP contribution is -2.13. The Labute approximate surface area is 130 Å². The molecule has 20 heavy (non-hydrogen) atoms. The Balaban J connectivity index is 2.50. The second kappa shape index (κ2) is 5.79. The van der Waals surface area contributed by atoms with Crippen LogP contribution in [0, 0.1) is 0 Å². The lowest BCUT2D eigenvalue weighted by molar-refractivity contribution is 0.0998. The minimum atomic E-state index is -0.663.